The molecule has 0 aliphatic heterocycles. The summed E-state index contributed by atoms with van der Waals surface area (Å²) in [6.45, 7) is 0. The first kappa shape index (κ1) is 36.5. The number of benzene rings is 11. The SMILES string of the molecule is c1ccc(-c2nc(-c3ccccc3)n(-c3cccc(-c4ccc5c(-c6cccc7ccccc67)c6ccccc6c(-c6cccc7ccccc67)c5c4)c3)c2-c2ccccc2)cc1. The Bertz CT molecular complexity index is 3650. The van der Waals surface area contributed by atoms with Crippen LogP contribution in [0, 0.1) is 0 Å². The molecule has 0 bridgehead atoms. The number of aromatic nitrogens is 2. The molecular formula is C61H40N2. The molecule has 0 fully saturated rings. The highest BCUT2D eigenvalue weighted by molar-refractivity contribution is 6.25. The topological polar surface area (TPSA) is 17.8 Å². The van der Waals surface area contributed by atoms with Crippen LogP contribution in [0.4, 0.5) is 0 Å². The van der Waals surface area contributed by atoms with Crippen molar-refractivity contribution in [1.29, 1.82) is 0 Å². The van der Waals surface area contributed by atoms with E-state index in [0.717, 1.165) is 50.7 Å². The van der Waals surface area contributed by atoms with Gasteiger partial charge < -0.3 is 0 Å². The third kappa shape index (κ3) is 6.23. The molecule has 294 valence electrons. The van der Waals surface area contributed by atoms with Crippen molar-refractivity contribution in [2.45, 2.75) is 0 Å². The normalized spacial score (nSPS) is 11.5. The third-order valence-electron chi connectivity index (χ3n) is 12.6. The molecule has 0 aliphatic carbocycles. The lowest BCUT2D eigenvalue weighted by atomic mass is 9.83. The van der Waals surface area contributed by atoms with E-state index >= 15 is 0 Å². The summed E-state index contributed by atoms with van der Waals surface area (Å²) >= 11 is 0. The molecular weight excluding hydrogens is 761 g/mol. The van der Waals surface area contributed by atoms with Gasteiger partial charge >= 0.3 is 0 Å². The van der Waals surface area contributed by atoms with E-state index in [9.17, 15) is 0 Å². The number of fused-ring (bicyclic) bond motifs is 4. The number of imidazole rings is 1. The predicted octanol–water partition coefficient (Wildman–Crippen LogP) is 16.5. The zero-order valence-electron chi connectivity index (χ0n) is 34.5. The molecule has 0 saturated heterocycles. The summed E-state index contributed by atoms with van der Waals surface area (Å²) in [5, 5.41) is 9.89. The Morgan fingerprint density at radius 1 is 0.286 bits per heavy atom. The highest BCUT2D eigenvalue weighted by Gasteiger charge is 2.24. The average Bonchev–Trinajstić information content (AvgIpc) is 3.77. The van der Waals surface area contributed by atoms with Crippen molar-refractivity contribution >= 4 is 43.1 Å². The Kier molecular flexibility index (Phi) is 8.86. The van der Waals surface area contributed by atoms with E-state index < -0.39 is 0 Å². The first-order valence-corrected chi connectivity index (χ1v) is 21.6. The summed E-state index contributed by atoms with van der Waals surface area (Å²) in [6.07, 6.45) is 0. The number of hydrogen-bond acceptors (Lipinski definition) is 1. The maximum Gasteiger partial charge on any atom is 0.145 e. The average molecular weight is 801 g/mol. The van der Waals surface area contributed by atoms with E-state index in [4.69, 9.17) is 4.98 Å². The molecule has 11 aromatic carbocycles. The molecule has 12 rings (SSSR count). The molecule has 0 N–H and O–H groups in total. The van der Waals surface area contributed by atoms with Crippen molar-refractivity contribution < 1.29 is 0 Å². The lowest BCUT2D eigenvalue weighted by Crippen LogP contribution is -2.01. The summed E-state index contributed by atoms with van der Waals surface area (Å²) in [4.78, 5) is 5.47. The number of nitrogens with zero attached hydrogens (tertiary/aromatic N) is 2. The molecule has 12 aromatic rings. The van der Waals surface area contributed by atoms with Crippen molar-refractivity contribution in [3.05, 3.63) is 243 Å². The maximum atomic E-state index is 5.47. The van der Waals surface area contributed by atoms with Gasteiger partial charge in [-0.15, -0.1) is 0 Å². The Balaban J connectivity index is 1.14. The standard InChI is InChI=1S/C61H40N2/c1-4-21-43(22-5-1)59-60(44-23-6-2-7-24-44)63(61(62-59)45-25-8-3-9-26-45)48-30-16-29-46(39-48)47-37-38-55-56(40-47)58(52-36-18-28-42-20-11-13-32-50(42)52)54-34-15-14-33-53(54)57(55)51-35-17-27-41-19-10-12-31-49(41)51/h1-40H. The van der Waals surface area contributed by atoms with E-state index in [2.05, 4.69) is 247 Å². The molecule has 1 aromatic heterocycles. The van der Waals surface area contributed by atoms with Crippen LogP contribution in [0.1, 0.15) is 0 Å². The first-order chi connectivity index (χ1) is 31.3. The van der Waals surface area contributed by atoms with Crippen molar-refractivity contribution in [1.82, 2.24) is 9.55 Å². The second kappa shape index (κ2) is 15.3. The molecule has 0 unspecified atom stereocenters. The summed E-state index contributed by atoms with van der Waals surface area (Å²) in [7, 11) is 0. The van der Waals surface area contributed by atoms with Gasteiger partial charge in [0.25, 0.3) is 0 Å². The van der Waals surface area contributed by atoms with Gasteiger partial charge in [-0.3, -0.25) is 4.57 Å². The lowest BCUT2D eigenvalue weighted by molar-refractivity contribution is 1.07. The highest BCUT2D eigenvalue weighted by atomic mass is 15.1. The van der Waals surface area contributed by atoms with E-state index in [1.807, 2.05) is 0 Å². The fourth-order valence-corrected chi connectivity index (χ4v) is 9.76. The van der Waals surface area contributed by atoms with Gasteiger partial charge in [0.15, 0.2) is 0 Å². The largest absolute Gasteiger partial charge is 0.292 e. The molecule has 0 amide bonds. The monoisotopic (exact) mass is 800 g/mol. The molecule has 63 heavy (non-hydrogen) atoms. The summed E-state index contributed by atoms with van der Waals surface area (Å²) in [5.41, 5.74) is 13.5. The van der Waals surface area contributed by atoms with Gasteiger partial charge in [-0.2, -0.15) is 0 Å². The van der Waals surface area contributed by atoms with Crippen LogP contribution < -0.4 is 0 Å². The molecule has 1 heterocycles. The summed E-state index contributed by atoms with van der Waals surface area (Å²) < 4.78 is 2.35. The third-order valence-corrected chi connectivity index (χ3v) is 12.6. The highest BCUT2D eigenvalue weighted by Crippen LogP contribution is 2.48. The van der Waals surface area contributed by atoms with Crippen LogP contribution in [0.3, 0.4) is 0 Å². The quantitative estimate of drug-likeness (QED) is 0.147. The fraction of sp³-hybridized carbons (Fsp3) is 0. The first-order valence-electron chi connectivity index (χ1n) is 21.6. The zero-order chi connectivity index (χ0) is 41.7. The van der Waals surface area contributed by atoms with Gasteiger partial charge in [-0.1, -0.05) is 224 Å². The van der Waals surface area contributed by atoms with E-state index in [-0.39, 0.29) is 0 Å². The van der Waals surface area contributed by atoms with Gasteiger partial charge in [0.1, 0.15) is 5.82 Å². The molecule has 0 spiro atoms. The Morgan fingerprint density at radius 3 is 1.35 bits per heavy atom. The van der Waals surface area contributed by atoms with Crippen LogP contribution in [0.15, 0.2) is 243 Å². The van der Waals surface area contributed by atoms with E-state index in [1.54, 1.807) is 0 Å². The summed E-state index contributed by atoms with van der Waals surface area (Å²) in [6, 6.07) is 87.8. The van der Waals surface area contributed by atoms with Crippen LogP contribution in [0.25, 0.3) is 116 Å². The van der Waals surface area contributed by atoms with E-state index in [0.29, 0.717) is 0 Å². The molecule has 2 nitrogen and oxygen atoms in total. The van der Waals surface area contributed by atoms with Gasteiger partial charge in [-0.25, -0.2) is 4.98 Å². The minimum absolute atomic E-state index is 0.897. The smallest absolute Gasteiger partial charge is 0.145 e. The Hall–Kier alpha value is -8.33. The van der Waals surface area contributed by atoms with Crippen LogP contribution in [-0.2, 0) is 0 Å². The van der Waals surface area contributed by atoms with Gasteiger partial charge in [-0.05, 0) is 94.7 Å². The predicted molar refractivity (Wildman–Crippen MR) is 266 cm³/mol. The molecule has 0 atom stereocenters. The van der Waals surface area contributed by atoms with E-state index in [1.165, 1.54) is 65.3 Å². The maximum absolute atomic E-state index is 5.47. The number of rotatable bonds is 7. The lowest BCUT2D eigenvalue weighted by Gasteiger charge is -2.20. The van der Waals surface area contributed by atoms with Gasteiger partial charge in [0.05, 0.1) is 11.4 Å². The van der Waals surface area contributed by atoms with Crippen LogP contribution in [-0.4, -0.2) is 9.55 Å². The van der Waals surface area contributed by atoms with Crippen LogP contribution in [0.2, 0.25) is 0 Å². The molecule has 0 saturated carbocycles. The second-order valence-electron chi connectivity index (χ2n) is 16.2. The van der Waals surface area contributed by atoms with Crippen LogP contribution >= 0.6 is 0 Å². The Morgan fingerprint density at radius 2 is 0.730 bits per heavy atom. The molecule has 0 radical (unpaired) electrons. The zero-order valence-corrected chi connectivity index (χ0v) is 34.5. The van der Waals surface area contributed by atoms with Gasteiger partial charge in [0, 0.05) is 22.4 Å². The van der Waals surface area contributed by atoms with Crippen molar-refractivity contribution in [2.75, 3.05) is 0 Å². The second-order valence-corrected chi connectivity index (χ2v) is 16.2. The van der Waals surface area contributed by atoms with Crippen molar-refractivity contribution in [3.63, 3.8) is 0 Å². The van der Waals surface area contributed by atoms with Crippen LogP contribution in [0.5, 0.6) is 0 Å². The Labute approximate surface area is 366 Å². The summed E-state index contributed by atoms with van der Waals surface area (Å²) in [5.74, 6) is 0.897. The molecule has 2 heteroatoms. The minimum atomic E-state index is 0.897. The van der Waals surface area contributed by atoms with Crippen molar-refractivity contribution in [2.24, 2.45) is 0 Å². The molecule has 0 aliphatic rings. The van der Waals surface area contributed by atoms with Crippen molar-refractivity contribution in [3.8, 4) is 73.0 Å². The fourth-order valence-electron chi connectivity index (χ4n) is 9.76. The number of hydrogen-bond donors (Lipinski definition) is 0. The van der Waals surface area contributed by atoms with Gasteiger partial charge in [0.2, 0.25) is 0 Å². The minimum Gasteiger partial charge on any atom is -0.292 e.